The van der Waals surface area contributed by atoms with Crippen LogP contribution in [0.15, 0.2) is 0 Å². The number of carbonyl (C=O) groups excluding carboxylic acids is 1. The third-order valence-corrected chi connectivity index (χ3v) is 2.62. The molecule has 0 N–H and O–H groups in total. The van der Waals surface area contributed by atoms with Crippen LogP contribution >= 0.6 is 0 Å². The number of epoxide rings is 1. The molecule has 0 aromatic carbocycles. The maximum atomic E-state index is 11.5. The second kappa shape index (κ2) is 5.35. The fourth-order valence-corrected chi connectivity index (χ4v) is 1.19. The highest BCUT2D eigenvalue weighted by molar-refractivity contribution is 5.72. The Morgan fingerprint density at radius 3 is 2.71 bits per heavy atom. The van der Waals surface area contributed by atoms with Gasteiger partial charge in [0.1, 0.15) is 0 Å². The summed E-state index contributed by atoms with van der Waals surface area (Å²) in [5.41, 5.74) is 0. The molecule has 0 aromatic heterocycles. The highest BCUT2D eigenvalue weighted by Crippen LogP contribution is 2.19. The first kappa shape index (κ1) is 11.5. The lowest BCUT2D eigenvalue weighted by Gasteiger charge is -2.14. The van der Waals surface area contributed by atoms with Gasteiger partial charge in [0, 0.05) is 0 Å². The number of hydrogen-bond acceptors (Lipinski definition) is 3. The SMILES string of the molecule is CCC(C)OC(=O)C(C)CCC1CO1. The standard InChI is InChI=1S/C11H20O3/c1-4-9(3)14-11(12)8(2)5-6-10-7-13-10/h8-10H,4-7H2,1-3H3. The van der Waals surface area contributed by atoms with E-state index in [1.54, 1.807) is 0 Å². The zero-order valence-corrected chi connectivity index (χ0v) is 9.29. The molecule has 0 aliphatic carbocycles. The topological polar surface area (TPSA) is 38.8 Å². The van der Waals surface area contributed by atoms with Crippen LogP contribution in [0.5, 0.6) is 0 Å². The average Bonchev–Trinajstić information content (AvgIpc) is 2.97. The van der Waals surface area contributed by atoms with Gasteiger partial charge < -0.3 is 9.47 Å². The van der Waals surface area contributed by atoms with E-state index in [0.29, 0.717) is 6.10 Å². The van der Waals surface area contributed by atoms with Gasteiger partial charge in [0.25, 0.3) is 0 Å². The molecule has 3 nitrogen and oxygen atoms in total. The van der Waals surface area contributed by atoms with Gasteiger partial charge in [0.15, 0.2) is 0 Å². The van der Waals surface area contributed by atoms with E-state index < -0.39 is 0 Å². The van der Waals surface area contributed by atoms with Crippen LogP contribution in [0.1, 0.15) is 40.0 Å². The molecule has 1 heterocycles. The Morgan fingerprint density at radius 2 is 2.21 bits per heavy atom. The molecule has 1 saturated heterocycles. The number of rotatable bonds is 6. The Labute approximate surface area is 85.8 Å². The molecule has 82 valence electrons. The van der Waals surface area contributed by atoms with E-state index in [4.69, 9.17) is 9.47 Å². The van der Waals surface area contributed by atoms with E-state index in [1.165, 1.54) is 0 Å². The summed E-state index contributed by atoms with van der Waals surface area (Å²) in [5, 5.41) is 0. The van der Waals surface area contributed by atoms with Gasteiger partial charge in [-0.05, 0) is 26.2 Å². The van der Waals surface area contributed by atoms with Crippen LogP contribution in [0.4, 0.5) is 0 Å². The molecular formula is C11H20O3. The third kappa shape index (κ3) is 4.09. The molecule has 1 aliphatic rings. The van der Waals surface area contributed by atoms with Gasteiger partial charge in [0.05, 0.1) is 24.7 Å². The summed E-state index contributed by atoms with van der Waals surface area (Å²) < 4.78 is 10.3. The summed E-state index contributed by atoms with van der Waals surface area (Å²) in [6, 6.07) is 0. The average molecular weight is 200 g/mol. The first-order valence-corrected chi connectivity index (χ1v) is 5.45. The maximum absolute atomic E-state index is 11.5. The molecule has 0 amide bonds. The fourth-order valence-electron chi connectivity index (χ4n) is 1.19. The van der Waals surface area contributed by atoms with Crippen molar-refractivity contribution in [2.24, 2.45) is 5.92 Å². The number of ether oxygens (including phenoxy) is 2. The zero-order valence-electron chi connectivity index (χ0n) is 9.29. The molecule has 0 radical (unpaired) electrons. The van der Waals surface area contributed by atoms with Crippen molar-refractivity contribution in [1.29, 1.82) is 0 Å². The van der Waals surface area contributed by atoms with Crippen LogP contribution < -0.4 is 0 Å². The molecule has 14 heavy (non-hydrogen) atoms. The summed E-state index contributed by atoms with van der Waals surface area (Å²) in [4.78, 5) is 11.5. The highest BCUT2D eigenvalue weighted by Gasteiger charge is 2.25. The zero-order chi connectivity index (χ0) is 10.6. The predicted molar refractivity (Wildman–Crippen MR) is 54.0 cm³/mol. The van der Waals surface area contributed by atoms with Crippen LogP contribution in [0.3, 0.4) is 0 Å². The van der Waals surface area contributed by atoms with Crippen molar-refractivity contribution in [2.45, 2.75) is 52.2 Å². The first-order chi connectivity index (χ1) is 6.63. The highest BCUT2D eigenvalue weighted by atomic mass is 16.6. The quantitative estimate of drug-likeness (QED) is 0.487. The van der Waals surface area contributed by atoms with E-state index in [9.17, 15) is 4.79 Å². The third-order valence-electron chi connectivity index (χ3n) is 2.62. The molecule has 3 heteroatoms. The maximum Gasteiger partial charge on any atom is 0.308 e. The van der Waals surface area contributed by atoms with Crippen LogP contribution in [0, 0.1) is 5.92 Å². The lowest BCUT2D eigenvalue weighted by atomic mass is 10.0. The Bertz CT molecular complexity index is 187. The smallest absolute Gasteiger partial charge is 0.308 e. The van der Waals surface area contributed by atoms with Crippen molar-refractivity contribution in [3.05, 3.63) is 0 Å². The molecule has 0 saturated carbocycles. The van der Waals surface area contributed by atoms with E-state index in [2.05, 4.69) is 0 Å². The van der Waals surface area contributed by atoms with Gasteiger partial charge in [-0.2, -0.15) is 0 Å². The molecule has 0 aromatic rings. The van der Waals surface area contributed by atoms with Crippen molar-refractivity contribution < 1.29 is 14.3 Å². The van der Waals surface area contributed by atoms with E-state index in [1.807, 2.05) is 20.8 Å². The van der Waals surface area contributed by atoms with Gasteiger partial charge >= 0.3 is 5.97 Å². The summed E-state index contributed by atoms with van der Waals surface area (Å²) in [6.07, 6.45) is 3.19. The summed E-state index contributed by atoms with van der Waals surface area (Å²) in [6.45, 7) is 6.73. The minimum Gasteiger partial charge on any atom is -0.462 e. The lowest BCUT2D eigenvalue weighted by Crippen LogP contribution is -2.20. The fraction of sp³-hybridized carbons (Fsp3) is 0.909. The lowest BCUT2D eigenvalue weighted by molar-refractivity contribution is -0.153. The van der Waals surface area contributed by atoms with Gasteiger partial charge in [-0.15, -0.1) is 0 Å². The predicted octanol–water partition coefficient (Wildman–Crippen LogP) is 2.14. The molecular weight excluding hydrogens is 180 g/mol. The minimum atomic E-state index is -0.0694. The molecule has 1 rings (SSSR count). The summed E-state index contributed by atoms with van der Waals surface area (Å²) in [7, 11) is 0. The van der Waals surface area contributed by atoms with Gasteiger partial charge in [-0.3, -0.25) is 4.79 Å². The molecule has 3 atom stereocenters. The number of carbonyl (C=O) groups is 1. The van der Waals surface area contributed by atoms with Crippen molar-refractivity contribution in [2.75, 3.05) is 6.61 Å². The first-order valence-electron chi connectivity index (χ1n) is 5.45. The molecule has 0 spiro atoms. The molecule has 1 aliphatic heterocycles. The normalized spacial score (nSPS) is 24.1. The van der Waals surface area contributed by atoms with Gasteiger partial charge in [0.2, 0.25) is 0 Å². The van der Waals surface area contributed by atoms with E-state index >= 15 is 0 Å². The minimum absolute atomic E-state index is 0.00759. The van der Waals surface area contributed by atoms with Crippen LogP contribution in [-0.2, 0) is 14.3 Å². The van der Waals surface area contributed by atoms with Crippen molar-refractivity contribution in [3.8, 4) is 0 Å². The van der Waals surface area contributed by atoms with Crippen molar-refractivity contribution in [1.82, 2.24) is 0 Å². The van der Waals surface area contributed by atoms with E-state index in [-0.39, 0.29) is 18.0 Å². The van der Waals surface area contributed by atoms with Crippen LogP contribution in [-0.4, -0.2) is 24.8 Å². The Balaban J connectivity index is 2.13. The Morgan fingerprint density at radius 1 is 1.57 bits per heavy atom. The summed E-state index contributed by atoms with van der Waals surface area (Å²) >= 11 is 0. The molecule has 1 fully saturated rings. The second-order valence-electron chi connectivity index (χ2n) is 4.09. The van der Waals surface area contributed by atoms with E-state index in [0.717, 1.165) is 25.9 Å². The van der Waals surface area contributed by atoms with Crippen molar-refractivity contribution in [3.63, 3.8) is 0 Å². The van der Waals surface area contributed by atoms with Crippen LogP contribution in [0.2, 0.25) is 0 Å². The summed E-state index contributed by atoms with van der Waals surface area (Å²) in [5.74, 6) is -0.0619. The van der Waals surface area contributed by atoms with Crippen LogP contribution in [0.25, 0.3) is 0 Å². The Kier molecular flexibility index (Phi) is 4.39. The van der Waals surface area contributed by atoms with Gasteiger partial charge in [-0.25, -0.2) is 0 Å². The second-order valence-corrected chi connectivity index (χ2v) is 4.09. The number of hydrogen-bond donors (Lipinski definition) is 0. The molecule has 3 unspecified atom stereocenters. The van der Waals surface area contributed by atoms with Gasteiger partial charge in [-0.1, -0.05) is 13.8 Å². The largest absolute Gasteiger partial charge is 0.462 e. The molecule has 0 bridgehead atoms. The number of esters is 1. The monoisotopic (exact) mass is 200 g/mol. The Hall–Kier alpha value is -0.570. The van der Waals surface area contributed by atoms with Crippen molar-refractivity contribution >= 4 is 5.97 Å².